The predicted octanol–water partition coefficient (Wildman–Crippen LogP) is 9.96. The van der Waals surface area contributed by atoms with E-state index >= 15 is 0 Å². The van der Waals surface area contributed by atoms with Crippen molar-refractivity contribution in [1.82, 2.24) is 0 Å². The summed E-state index contributed by atoms with van der Waals surface area (Å²) < 4.78 is 0. The summed E-state index contributed by atoms with van der Waals surface area (Å²) in [5, 5.41) is 0. The highest BCUT2D eigenvalue weighted by molar-refractivity contribution is 5.46. The molecule has 4 aliphatic carbocycles. The Kier molecular flexibility index (Phi) is 6.75. The lowest BCUT2D eigenvalue weighted by Gasteiger charge is -2.38. The van der Waals surface area contributed by atoms with Crippen LogP contribution in [0.15, 0.2) is 0 Å². The highest BCUT2D eigenvalue weighted by Gasteiger charge is 2.98. The van der Waals surface area contributed by atoms with Crippen LogP contribution >= 0.6 is 0 Å². The van der Waals surface area contributed by atoms with E-state index in [2.05, 4.69) is 34.6 Å². The van der Waals surface area contributed by atoms with Gasteiger partial charge >= 0.3 is 0 Å². The first-order valence-electron chi connectivity index (χ1n) is 14.3. The lowest BCUT2D eigenvalue weighted by atomic mass is 9.66. The predicted molar refractivity (Wildman–Crippen MR) is 132 cm³/mol. The van der Waals surface area contributed by atoms with Gasteiger partial charge < -0.3 is 0 Å². The van der Waals surface area contributed by atoms with E-state index in [-0.39, 0.29) is 0 Å². The van der Waals surface area contributed by atoms with Crippen molar-refractivity contribution in [3.05, 3.63) is 0 Å². The Hall–Kier alpha value is 0. The summed E-state index contributed by atoms with van der Waals surface area (Å²) in [4.78, 5) is 0. The topological polar surface area (TPSA) is 0 Å². The molecule has 0 nitrogen and oxygen atoms in total. The monoisotopic (exact) mass is 414 g/mol. The SMILES string of the molecule is CCCCCCC(CCCCCCC(C)CCC)CC12CC3(C4CC4(C)C)CC13C2. The second-order valence-corrected chi connectivity index (χ2v) is 13.6. The maximum atomic E-state index is 2.54. The lowest BCUT2D eigenvalue weighted by molar-refractivity contribution is 0.105. The first-order chi connectivity index (χ1) is 14.3. The van der Waals surface area contributed by atoms with Gasteiger partial charge in [-0.1, -0.05) is 118 Å². The minimum absolute atomic E-state index is 0.701. The Labute approximate surface area is 189 Å². The van der Waals surface area contributed by atoms with Gasteiger partial charge in [-0.25, -0.2) is 0 Å². The van der Waals surface area contributed by atoms with Crippen molar-refractivity contribution < 1.29 is 0 Å². The Morgan fingerprint density at radius 2 is 1.37 bits per heavy atom. The summed E-state index contributed by atoms with van der Waals surface area (Å²) in [7, 11) is 0. The molecule has 0 N–H and O–H groups in total. The molecule has 1 spiro atoms. The van der Waals surface area contributed by atoms with Crippen molar-refractivity contribution in [1.29, 1.82) is 0 Å². The Morgan fingerprint density at radius 3 is 1.93 bits per heavy atom. The number of unbranched alkanes of at least 4 members (excludes halogenated alkanes) is 6. The molecule has 174 valence electrons. The largest absolute Gasteiger partial charge is 0.0654 e. The molecule has 0 aromatic rings. The van der Waals surface area contributed by atoms with Crippen molar-refractivity contribution in [3.8, 4) is 0 Å². The zero-order chi connectivity index (χ0) is 21.5. The van der Waals surface area contributed by atoms with Gasteiger partial charge in [0.05, 0.1) is 0 Å². The molecule has 4 fully saturated rings. The zero-order valence-corrected chi connectivity index (χ0v) is 21.5. The molecule has 30 heavy (non-hydrogen) atoms. The molecule has 4 aliphatic rings. The Balaban J connectivity index is 1.18. The van der Waals surface area contributed by atoms with Crippen LogP contribution in [0.2, 0.25) is 0 Å². The maximum Gasteiger partial charge on any atom is -0.0170 e. The van der Waals surface area contributed by atoms with Gasteiger partial charge in [0.1, 0.15) is 0 Å². The van der Waals surface area contributed by atoms with Crippen LogP contribution < -0.4 is 0 Å². The summed E-state index contributed by atoms with van der Waals surface area (Å²) >= 11 is 0. The normalized spacial score (nSPS) is 38.9. The summed E-state index contributed by atoms with van der Waals surface area (Å²) in [5.41, 5.74) is 3.33. The van der Waals surface area contributed by atoms with Gasteiger partial charge in [-0.3, -0.25) is 0 Å². The molecule has 0 saturated heterocycles. The minimum Gasteiger partial charge on any atom is -0.0654 e. The maximum absolute atomic E-state index is 2.54. The molecule has 0 amide bonds. The Morgan fingerprint density at radius 1 is 0.733 bits per heavy atom. The molecule has 0 radical (unpaired) electrons. The second kappa shape index (κ2) is 8.74. The zero-order valence-electron chi connectivity index (χ0n) is 21.5. The molecular weight excluding hydrogens is 360 g/mol. The third-order valence-electron chi connectivity index (χ3n) is 10.8. The fourth-order valence-corrected chi connectivity index (χ4v) is 8.95. The van der Waals surface area contributed by atoms with E-state index in [0.29, 0.717) is 5.41 Å². The quantitative estimate of drug-likeness (QED) is 0.208. The standard InChI is InChI=1S/C30H54/c1-6-8-9-13-17-25(18-14-11-10-12-16-24(3)15-7-2)19-28-21-29(23-30(28,29)22-28)26-20-27(26,4)5/h24-26H,6-23H2,1-5H3. The highest BCUT2D eigenvalue weighted by atomic mass is 15.0. The van der Waals surface area contributed by atoms with Crippen LogP contribution in [0, 0.1) is 39.4 Å². The summed E-state index contributed by atoms with van der Waals surface area (Å²) in [5.74, 6) is 3.13. The average molecular weight is 415 g/mol. The summed E-state index contributed by atoms with van der Waals surface area (Å²) in [6, 6.07) is 0. The van der Waals surface area contributed by atoms with E-state index in [0.717, 1.165) is 34.0 Å². The third kappa shape index (κ3) is 4.17. The van der Waals surface area contributed by atoms with E-state index in [1.807, 2.05) is 0 Å². The molecule has 6 unspecified atom stereocenters. The molecule has 4 saturated carbocycles. The van der Waals surface area contributed by atoms with Crippen LogP contribution in [0.4, 0.5) is 0 Å². The van der Waals surface area contributed by atoms with Gasteiger partial charge in [0, 0.05) is 0 Å². The van der Waals surface area contributed by atoms with Crippen LogP contribution in [0.25, 0.3) is 0 Å². The van der Waals surface area contributed by atoms with E-state index in [4.69, 9.17) is 0 Å². The molecule has 6 atom stereocenters. The summed E-state index contributed by atoms with van der Waals surface area (Å²) in [6.07, 6.45) is 27.3. The van der Waals surface area contributed by atoms with E-state index in [1.54, 1.807) is 44.9 Å². The average Bonchev–Trinajstić information content (AvgIpc) is 3.60. The number of rotatable bonds is 17. The molecule has 0 aromatic carbocycles. The Bertz CT molecular complexity index is 575. The minimum atomic E-state index is 0.701. The fraction of sp³-hybridized carbons (Fsp3) is 1.00. The number of hydrogen-bond donors (Lipinski definition) is 0. The van der Waals surface area contributed by atoms with Crippen molar-refractivity contribution in [2.24, 2.45) is 39.4 Å². The van der Waals surface area contributed by atoms with E-state index < -0.39 is 0 Å². The second-order valence-electron chi connectivity index (χ2n) is 13.6. The van der Waals surface area contributed by atoms with Crippen molar-refractivity contribution in [3.63, 3.8) is 0 Å². The molecule has 0 aliphatic heterocycles. The van der Waals surface area contributed by atoms with Crippen LogP contribution in [0.5, 0.6) is 0 Å². The van der Waals surface area contributed by atoms with Crippen LogP contribution in [0.1, 0.15) is 150 Å². The fourth-order valence-electron chi connectivity index (χ4n) is 8.95. The van der Waals surface area contributed by atoms with Gasteiger partial charge in [-0.2, -0.15) is 0 Å². The van der Waals surface area contributed by atoms with Gasteiger partial charge in [0.15, 0.2) is 0 Å². The molecule has 0 heterocycles. The molecule has 0 heteroatoms. The van der Waals surface area contributed by atoms with Crippen LogP contribution in [0.3, 0.4) is 0 Å². The van der Waals surface area contributed by atoms with Crippen LogP contribution in [-0.4, -0.2) is 0 Å². The molecule has 4 rings (SSSR count). The first kappa shape index (κ1) is 23.2. The van der Waals surface area contributed by atoms with E-state index in [9.17, 15) is 0 Å². The van der Waals surface area contributed by atoms with Gasteiger partial charge in [0.25, 0.3) is 0 Å². The molecule has 0 aromatic heterocycles. The van der Waals surface area contributed by atoms with Gasteiger partial charge in [0.2, 0.25) is 0 Å². The smallest absolute Gasteiger partial charge is 0.0170 e. The highest BCUT2D eigenvalue weighted by Crippen LogP contribution is 3.05. The van der Waals surface area contributed by atoms with Crippen molar-refractivity contribution in [2.45, 2.75) is 150 Å². The molecular formula is C30H54. The van der Waals surface area contributed by atoms with Crippen molar-refractivity contribution in [2.75, 3.05) is 0 Å². The van der Waals surface area contributed by atoms with Crippen molar-refractivity contribution >= 4 is 0 Å². The van der Waals surface area contributed by atoms with Gasteiger partial charge in [-0.05, 0) is 71.5 Å². The first-order valence-corrected chi connectivity index (χ1v) is 14.3. The van der Waals surface area contributed by atoms with E-state index in [1.165, 1.54) is 70.6 Å². The summed E-state index contributed by atoms with van der Waals surface area (Å²) in [6.45, 7) is 12.2. The third-order valence-corrected chi connectivity index (χ3v) is 10.8. The van der Waals surface area contributed by atoms with Gasteiger partial charge in [-0.15, -0.1) is 0 Å². The lowest BCUT2D eigenvalue weighted by Crippen LogP contribution is -2.31. The molecule has 0 bridgehead atoms. The number of hydrogen-bond acceptors (Lipinski definition) is 0. The van der Waals surface area contributed by atoms with Crippen LogP contribution in [-0.2, 0) is 0 Å².